The standard InChI is InChI=1S/C24H27N3O2S/c1-15-22(12-26-23(28)10-17-5-7-30-14-17)20-4-6-27(13-19(20)11-25-15)24(29)21-9-16-2-3-18(21)8-16/h2-3,5,7,11,14,16,18,21H,4,6,8-10,12-13H2,1H3,(H,26,28)/t16-,18+,21-/m1/s1. The van der Waals surface area contributed by atoms with Crippen LogP contribution in [0.25, 0.3) is 0 Å². The third-order valence-electron chi connectivity index (χ3n) is 6.91. The lowest BCUT2D eigenvalue weighted by molar-refractivity contribution is -0.137. The van der Waals surface area contributed by atoms with Gasteiger partial charge in [0.15, 0.2) is 0 Å². The molecular formula is C24H27N3O2S. The van der Waals surface area contributed by atoms with Crippen molar-refractivity contribution >= 4 is 23.2 Å². The van der Waals surface area contributed by atoms with Crippen molar-refractivity contribution in [3.63, 3.8) is 0 Å². The number of nitrogens with one attached hydrogen (secondary N) is 1. The van der Waals surface area contributed by atoms with Crippen LogP contribution < -0.4 is 5.32 Å². The number of thiophene rings is 1. The fourth-order valence-electron chi connectivity index (χ4n) is 5.27. The third kappa shape index (κ3) is 3.69. The van der Waals surface area contributed by atoms with Crippen LogP contribution in [-0.2, 0) is 35.5 Å². The first-order valence-electron chi connectivity index (χ1n) is 10.8. The van der Waals surface area contributed by atoms with Crippen LogP contribution in [0, 0.1) is 24.7 Å². The summed E-state index contributed by atoms with van der Waals surface area (Å²) in [6.07, 6.45) is 9.85. The van der Waals surface area contributed by atoms with Gasteiger partial charge in [-0.15, -0.1) is 0 Å². The molecule has 0 saturated heterocycles. The van der Waals surface area contributed by atoms with Crippen LogP contribution in [-0.4, -0.2) is 28.2 Å². The van der Waals surface area contributed by atoms with Gasteiger partial charge in [-0.3, -0.25) is 14.6 Å². The molecule has 3 heterocycles. The van der Waals surface area contributed by atoms with Gasteiger partial charge in [0, 0.05) is 37.4 Å². The number of allylic oxidation sites excluding steroid dienone is 2. The van der Waals surface area contributed by atoms with Crippen LogP contribution in [0.2, 0.25) is 0 Å². The molecule has 0 spiro atoms. The highest BCUT2D eigenvalue weighted by molar-refractivity contribution is 7.08. The van der Waals surface area contributed by atoms with E-state index in [1.54, 1.807) is 11.3 Å². The Kier molecular flexibility index (Phi) is 5.19. The van der Waals surface area contributed by atoms with Crippen molar-refractivity contribution in [1.29, 1.82) is 0 Å². The van der Waals surface area contributed by atoms with Crippen LogP contribution in [0.1, 0.15) is 40.8 Å². The minimum atomic E-state index is 0.0300. The lowest BCUT2D eigenvalue weighted by Crippen LogP contribution is -2.41. The lowest BCUT2D eigenvalue weighted by Gasteiger charge is -2.33. The first-order chi connectivity index (χ1) is 14.6. The quantitative estimate of drug-likeness (QED) is 0.753. The second-order valence-corrected chi connectivity index (χ2v) is 9.59. The molecule has 2 amide bonds. The summed E-state index contributed by atoms with van der Waals surface area (Å²) in [4.78, 5) is 32.1. The number of carbonyl (C=O) groups excluding carboxylic acids is 2. The molecule has 2 aromatic rings. The van der Waals surface area contributed by atoms with Gasteiger partial charge >= 0.3 is 0 Å². The highest BCUT2D eigenvalue weighted by Crippen LogP contribution is 2.44. The number of carbonyl (C=O) groups is 2. The van der Waals surface area contributed by atoms with E-state index in [4.69, 9.17) is 0 Å². The summed E-state index contributed by atoms with van der Waals surface area (Å²) in [5, 5.41) is 7.06. The van der Waals surface area contributed by atoms with E-state index in [1.165, 1.54) is 5.56 Å². The van der Waals surface area contributed by atoms with Crippen molar-refractivity contribution in [3.8, 4) is 0 Å². The summed E-state index contributed by atoms with van der Waals surface area (Å²) in [5.41, 5.74) is 5.51. The van der Waals surface area contributed by atoms with Crippen LogP contribution in [0.4, 0.5) is 0 Å². The first-order valence-corrected chi connectivity index (χ1v) is 11.7. The van der Waals surface area contributed by atoms with E-state index < -0.39 is 0 Å². The number of fused-ring (bicyclic) bond motifs is 3. The Morgan fingerprint density at radius 1 is 1.30 bits per heavy atom. The molecule has 2 bridgehead atoms. The number of aromatic nitrogens is 1. The third-order valence-corrected chi connectivity index (χ3v) is 7.64. The van der Waals surface area contributed by atoms with E-state index in [0.717, 1.165) is 48.2 Å². The van der Waals surface area contributed by atoms with Crippen LogP contribution in [0.5, 0.6) is 0 Å². The second-order valence-electron chi connectivity index (χ2n) is 8.81. The number of nitrogens with zero attached hydrogens (tertiary/aromatic N) is 2. The second kappa shape index (κ2) is 7.99. The molecule has 5 nitrogen and oxygen atoms in total. The molecule has 0 aromatic carbocycles. The Labute approximate surface area is 181 Å². The van der Waals surface area contributed by atoms with Crippen molar-refractivity contribution in [1.82, 2.24) is 15.2 Å². The summed E-state index contributed by atoms with van der Waals surface area (Å²) in [6, 6.07) is 1.99. The molecule has 1 saturated carbocycles. The van der Waals surface area contributed by atoms with E-state index in [2.05, 4.69) is 22.5 Å². The molecule has 1 fully saturated rings. The lowest BCUT2D eigenvalue weighted by atomic mass is 9.90. The number of pyridine rings is 1. The molecule has 3 aliphatic rings. The summed E-state index contributed by atoms with van der Waals surface area (Å²) in [6.45, 7) is 3.88. The Morgan fingerprint density at radius 3 is 2.93 bits per heavy atom. The molecule has 1 N–H and O–H groups in total. The number of hydrogen-bond acceptors (Lipinski definition) is 4. The number of amides is 2. The Hall–Kier alpha value is -2.47. The van der Waals surface area contributed by atoms with E-state index >= 15 is 0 Å². The van der Waals surface area contributed by atoms with E-state index in [9.17, 15) is 9.59 Å². The Bertz CT molecular complexity index is 998. The molecular weight excluding hydrogens is 394 g/mol. The molecule has 156 valence electrons. The molecule has 0 unspecified atom stereocenters. The first kappa shape index (κ1) is 19.5. The van der Waals surface area contributed by atoms with Gasteiger partial charge in [-0.2, -0.15) is 11.3 Å². The van der Waals surface area contributed by atoms with Crippen molar-refractivity contribution in [2.75, 3.05) is 6.54 Å². The summed E-state index contributed by atoms with van der Waals surface area (Å²) < 4.78 is 0. The van der Waals surface area contributed by atoms with Gasteiger partial charge in [-0.1, -0.05) is 12.2 Å². The zero-order chi connectivity index (χ0) is 20.7. The summed E-state index contributed by atoms with van der Waals surface area (Å²) in [5.74, 6) is 1.55. The van der Waals surface area contributed by atoms with Gasteiger partial charge in [0.1, 0.15) is 0 Å². The maximum atomic E-state index is 13.1. The number of aryl methyl sites for hydroxylation is 1. The van der Waals surface area contributed by atoms with E-state index in [1.807, 2.05) is 34.8 Å². The van der Waals surface area contributed by atoms with Crippen LogP contribution >= 0.6 is 11.3 Å². The van der Waals surface area contributed by atoms with Gasteiger partial charge in [-0.05, 0) is 77.1 Å². The van der Waals surface area contributed by atoms with Gasteiger partial charge in [-0.25, -0.2) is 0 Å². The van der Waals surface area contributed by atoms with Crippen molar-refractivity contribution in [2.45, 2.75) is 45.7 Å². The molecule has 2 aliphatic carbocycles. The number of hydrogen-bond donors (Lipinski definition) is 1. The predicted molar refractivity (Wildman–Crippen MR) is 117 cm³/mol. The Balaban J connectivity index is 1.26. The van der Waals surface area contributed by atoms with Gasteiger partial charge in [0.25, 0.3) is 0 Å². The minimum Gasteiger partial charge on any atom is -0.352 e. The summed E-state index contributed by atoms with van der Waals surface area (Å²) >= 11 is 1.61. The largest absolute Gasteiger partial charge is 0.352 e. The highest BCUT2D eigenvalue weighted by Gasteiger charge is 2.42. The highest BCUT2D eigenvalue weighted by atomic mass is 32.1. The summed E-state index contributed by atoms with van der Waals surface area (Å²) in [7, 11) is 0. The van der Waals surface area contributed by atoms with Crippen molar-refractivity contribution in [3.05, 3.63) is 63.1 Å². The molecule has 30 heavy (non-hydrogen) atoms. The maximum absolute atomic E-state index is 13.1. The van der Waals surface area contributed by atoms with E-state index in [0.29, 0.717) is 37.3 Å². The molecule has 2 aromatic heterocycles. The van der Waals surface area contributed by atoms with Crippen molar-refractivity contribution in [2.24, 2.45) is 17.8 Å². The molecule has 3 atom stereocenters. The average molecular weight is 422 g/mol. The molecule has 0 radical (unpaired) electrons. The van der Waals surface area contributed by atoms with E-state index in [-0.39, 0.29) is 11.8 Å². The topological polar surface area (TPSA) is 62.3 Å². The number of rotatable bonds is 5. The SMILES string of the molecule is Cc1ncc2c(c1CNC(=O)Cc1ccsc1)CCN(C(=O)[C@@H]1C[C@@H]3C=C[C@H]1C3)C2. The van der Waals surface area contributed by atoms with Gasteiger partial charge in [0.2, 0.25) is 11.8 Å². The van der Waals surface area contributed by atoms with Crippen LogP contribution in [0.15, 0.2) is 35.2 Å². The zero-order valence-corrected chi connectivity index (χ0v) is 18.1. The monoisotopic (exact) mass is 421 g/mol. The van der Waals surface area contributed by atoms with Crippen LogP contribution in [0.3, 0.4) is 0 Å². The van der Waals surface area contributed by atoms with Gasteiger partial charge in [0.05, 0.1) is 6.42 Å². The van der Waals surface area contributed by atoms with Gasteiger partial charge < -0.3 is 10.2 Å². The molecule has 6 heteroatoms. The fourth-order valence-corrected chi connectivity index (χ4v) is 5.94. The predicted octanol–water partition coefficient (Wildman–Crippen LogP) is 3.41. The molecule has 1 aliphatic heterocycles. The Morgan fingerprint density at radius 2 is 2.20 bits per heavy atom. The zero-order valence-electron chi connectivity index (χ0n) is 17.3. The maximum Gasteiger partial charge on any atom is 0.226 e. The minimum absolute atomic E-state index is 0.0300. The fraction of sp³-hybridized carbons (Fsp3) is 0.458. The smallest absolute Gasteiger partial charge is 0.226 e. The normalized spacial score (nSPS) is 24.2. The van der Waals surface area contributed by atoms with Crippen molar-refractivity contribution < 1.29 is 9.59 Å². The average Bonchev–Trinajstić information content (AvgIpc) is 3.51. The molecule has 5 rings (SSSR count).